The SMILES string of the molecule is Cc1sc(-c2nc(C(C)C)cs2)cc1S(=O)(=O)N1CCN(c2ccccc2F)CC1. The van der Waals surface area contributed by atoms with E-state index in [0.717, 1.165) is 20.5 Å². The molecule has 1 aliphatic rings. The van der Waals surface area contributed by atoms with E-state index in [-0.39, 0.29) is 5.82 Å². The number of hydrogen-bond donors (Lipinski definition) is 0. The largest absolute Gasteiger partial charge is 0.367 e. The Hall–Kier alpha value is -1.81. The van der Waals surface area contributed by atoms with Crippen LogP contribution >= 0.6 is 22.7 Å². The fraction of sp³-hybridized carbons (Fsp3) is 0.381. The van der Waals surface area contributed by atoms with Gasteiger partial charge in [-0.25, -0.2) is 17.8 Å². The van der Waals surface area contributed by atoms with E-state index in [1.807, 2.05) is 17.2 Å². The Morgan fingerprint density at radius 3 is 2.47 bits per heavy atom. The third-order valence-electron chi connectivity index (χ3n) is 5.25. The van der Waals surface area contributed by atoms with E-state index < -0.39 is 10.0 Å². The molecule has 0 aliphatic carbocycles. The first-order valence-corrected chi connectivity index (χ1v) is 13.0. The summed E-state index contributed by atoms with van der Waals surface area (Å²) in [6.07, 6.45) is 0. The lowest BCUT2D eigenvalue weighted by Crippen LogP contribution is -2.48. The number of aromatic nitrogens is 1. The van der Waals surface area contributed by atoms with E-state index in [0.29, 0.717) is 42.7 Å². The maximum absolute atomic E-state index is 14.1. The van der Waals surface area contributed by atoms with Crippen LogP contribution in [0.15, 0.2) is 40.6 Å². The molecule has 2 aromatic heterocycles. The van der Waals surface area contributed by atoms with Crippen molar-refractivity contribution in [1.29, 1.82) is 0 Å². The number of piperazine rings is 1. The average Bonchev–Trinajstić information content (AvgIpc) is 3.36. The molecule has 0 N–H and O–H groups in total. The van der Waals surface area contributed by atoms with Gasteiger partial charge >= 0.3 is 0 Å². The van der Waals surface area contributed by atoms with E-state index in [1.54, 1.807) is 35.6 Å². The summed E-state index contributed by atoms with van der Waals surface area (Å²) in [7, 11) is -3.60. The molecule has 4 rings (SSSR count). The molecule has 1 fully saturated rings. The van der Waals surface area contributed by atoms with Crippen molar-refractivity contribution in [3.05, 3.63) is 52.1 Å². The number of para-hydroxylation sites is 1. The van der Waals surface area contributed by atoms with E-state index in [4.69, 9.17) is 0 Å². The van der Waals surface area contributed by atoms with Gasteiger partial charge in [0.15, 0.2) is 0 Å². The second-order valence-corrected chi connectivity index (χ2v) is 11.6. The van der Waals surface area contributed by atoms with E-state index >= 15 is 0 Å². The number of thiazole rings is 1. The number of sulfonamides is 1. The van der Waals surface area contributed by atoms with Crippen LogP contribution in [-0.4, -0.2) is 43.9 Å². The number of anilines is 1. The topological polar surface area (TPSA) is 53.5 Å². The normalized spacial score (nSPS) is 15.8. The number of rotatable bonds is 5. The van der Waals surface area contributed by atoms with Crippen molar-refractivity contribution in [3.8, 4) is 9.88 Å². The summed E-state index contributed by atoms with van der Waals surface area (Å²) in [5, 5.41) is 2.89. The Morgan fingerprint density at radius 1 is 1.13 bits per heavy atom. The first-order valence-electron chi connectivity index (χ1n) is 9.83. The molecule has 0 spiro atoms. The van der Waals surface area contributed by atoms with Crippen molar-refractivity contribution in [2.24, 2.45) is 0 Å². The minimum Gasteiger partial charge on any atom is -0.367 e. The van der Waals surface area contributed by atoms with Crippen LogP contribution in [-0.2, 0) is 10.0 Å². The smallest absolute Gasteiger partial charge is 0.244 e. The van der Waals surface area contributed by atoms with Gasteiger partial charge in [0.05, 0.1) is 21.2 Å². The Kier molecular flexibility index (Phi) is 5.98. The fourth-order valence-electron chi connectivity index (χ4n) is 3.51. The van der Waals surface area contributed by atoms with Gasteiger partial charge in [0.2, 0.25) is 10.0 Å². The molecular weight excluding hydrogens is 441 g/mol. The van der Waals surface area contributed by atoms with Gasteiger partial charge in [-0.05, 0) is 31.0 Å². The Labute approximate surface area is 184 Å². The monoisotopic (exact) mass is 465 g/mol. The molecule has 3 heterocycles. The lowest BCUT2D eigenvalue weighted by atomic mass is 10.2. The first-order chi connectivity index (χ1) is 14.3. The third kappa shape index (κ3) is 4.03. The van der Waals surface area contributed by atoms with Gasteiger partial charge < -0.3 is 4.90 Å². The van der Waals surface area contributed by atoms with Gasteiger partial charge in [0, 0.05) is 36.4 Å². The minimum absolute atomic E-state index is 0.281. The second-order valence-electron chi connectivity index (χ2n) is 7.61. The van der Waals surface area contributed by atoms with Crippen molar-refractivity contribution in [1.82, 2.24) is 9.29 Å². The summed E-state index contributed by atoms with van der Waals surface area (Å²) in [5.41, 5.74) is 1.54. The highest BCUT2D eigenvalue weighted by Gasteiger charge is 2.31. The fourth-order valence-corrected chi connectivity index (χ4v) is 7.53. The standard InChI is InChI=1S/C21H24FN3O2S3/c1-14(2)17-13-28-21(23-17)19-12-20(15(3)29-19)30(26,27)25-10-8-24(9-11-25)18-7-5-4-6-16(18)22/h4-7,12-14H,8-11H2,1-3H3. The molecule has 1 aliphatic heterocycles. The summed E-state index contributed by atoms with van der Waals surface area (Å²) in [6, 6.07) is 8.36. The zero-order valence-electron chi connectivity index (χ0n) is 17.1. The van der Waals surface area contributed by atoms with Crippen LogP contribution in [0.25, 0.3) is 9.88 Å². The zero-order chi connectivity index (χ0) is 21.5. The molecule has 0 amide bonds. The molecule has 0 atom stereocenters. The number of hydrogen-bond acceptors (Lipinski definition) is 6. The summed E-state index contributed by atoms with van der Waals surface area (Å²) < 4.78 is 42.2. The maximum Gasteiger partial charge on any atom is 0.244 e. The summed E-state index contributed by atoms with van der Waals surface area (Å²) in [5.74, 6) is 0.0568. The quantitative estimate of drug-likeness (QED) is 0.535. The molecular formula is C21H24FN3O2S3. The van der Waals surface area contributed by atoms with Crippen molar-refractivity contribution in [2.75, 3.05) is 31.1 Å². The zero-order valence-corrected chi connectivity index (χ0v) is 19.6. The molecule has 30 heavy (non-hydrogen) atoms. The van der Waals surface area contributed by atoms with Crippen LogP contribution < -0.4 is 4.90 Å². The molecule has 1 aromatic carbocycles. The molecule has 1 saturated heterocycles. The number of thiophene rings is 1. The highest BCUT2D eigenvalue weighted by Crippen LogP contribution is 2.37. The van der Waals surface area contributed by atoms with Crippen LogP contribution in [0, 0.1) is 12.7 Å². The molecule has 0 unspecified atom stereocenters. The molecule has 3 aromatic rings. The lowest BCUT2D eigenvalue weighted by molar-refractivity contribution is 0.383. The minimum atomic E-state index is -3.60. The molecule has 160 valence electrons. The van der Waals surface area contributed by atoms with Crippen LogP contribution in [0.2, 0.25) is 0 Å². The van der Waals surface area contributed by atoms with E-state index in [2.05, 4.69) is 18.8 Å². The molecule has 0 saturated carbocycles. The van der Waals surface area contributed by atoms with E-state index in [9.17, 15) is 12.8 Å². The summed E-state index contributed by atoms with van der Waals surface area (Å²) in [4.78, 5) is 8.56. The summed E-state index contributed by atoms with van der Waals surface area (Å²) >= 11 is 3.01. The van der Waals surface area contributed by atoms with E-state index in [1.165, 1.54) is 21.7 Å². The van der Waals surface area contributed by atoms with Crippen molar-refractivity contribution in [2.45, 2.75) is 31.6 Å². The maximum atomic E-state index is 14.1. The molecule has 5 nitrogen and oxygen atoms in total. The van der Waals surface area contributed by atoms with Gasteiger partial charge in [-0.2, -0.15) is 4.31 Å². The molecule has 0 radical (unpaired) electrons. The lowest BCUT2D eigenvalue weighted by Gasteiger charge is -2.35. The third-order valence-corrected chi connectivity index (χ3v) is 9.48. The van der Waals surface area contributed by atoms with Crippen LogP contribution in [0.3, 0.4) is 0 Å². The Bertz CT molecular complexity index is 1150. The summed E-state index contributed by atoms with van der Waals surface area (Å²) in [6.45, 7) is 7.60. The highest BCUT2D eigenvalue weighted by molar-refractivity contribution is 7.89. The number of halogens is 1. The molecule has 0 bridgehead atoms. The Balaban J connectivity index is 1.53. The average molecular weight is 466 g/mol. The second kappa shape index (κ2) is 8.37. The van der Waals surface area contributed by atoms with Crippen molar-refractivity contribution < 1.29 is 12.8 Å². The van der Waals surface area contributed by atoms with Crippen LogP contribution in [0.4, 0.5) is 10.1 Å². The predicted molar refractivity (Wildman–Crippen MR) is 122 cm³/mol. The van der Waals surface area contributed by atoms with Crippen LogP contribution in [0.1, 0.15) is 30.3 Å². The van der Waals surface area contributed by atoms with Crippen molar-refractivity contribution >= 4 is 38.4 Å². The van der Waals surface area contributed by atoms with Gasteiger partial charge in [0.25, 0.3) is 0 Å². The van der Waals surface area contributed by atoms with Crippen LogP contribution in [0.5, 0.6) is 0 Å². The number of nitrogens with zero attached hydrogens (tertiary/aromatic N) is 3. The van der Waals surface area contributed by atoms with Gasteiger partial charge in [-0.15, -0.1) is 22.7 Å². The Morgan fingerprint density at radius 2 is 1.83 bits per heavy atom. The highest BCUT2D eigenvalue weighted by atomic mass is 32.2. The first kappa shape index (κ1) is 21.4. The predicted octanol–water partition coefficient (Wildman–Crippen LogP) is 4.95. The number of benzene rings is 1. The van der Waals surface area contributed by atoms with Gasteiger partial charge in [0.1, 0.15) is 10.8 Å². The van der Waals surface area contributed by atoms with Gasteiger partial charge in [-0.1, -0.05) is 26.0 Å². The number of aryl methyl sites for hydroxylation is 1. The van der Waals surface area contributed by atoms with Gasteiger partial charge in [-0.3, -0.25) is 0 Å². The van der Waals surface area contributed by atoms with Crippen molar-refractivity contribution in [3.63, 3.8) is 0 Å². The molecule has 9 heteroatoms.